The highest BCUT2D eigenvalue weighted by Gasteiger charge is 2.20. The number of rotatable bonds is 11. The first-order valence-electron chi connectivity index (χ1n) is 11.7. The predicted octanol–water partition coefficient (Wildman–Crippen LogP) is 4.42. The summed E-state index contributed by atoms with van der Waals surface area (Å²) < 4.78 is 31.5. The first-order valence-corrected chi connectivity index (χ1v) is 12.1. The number of hydrogen-bond donors (Lipinski definition) is 2. The van der Waals surface area contributed by atoms with Crippen LogP contribution in [-0.4, -0.2) is 72.6 Å². The molecule has 8 nitrogen and oxygen atoms in total. The summed E-state index contributed by atoms with van der Waals surface area (Å²) in [5.74, 6) is 1.30. The summed E-state index contributed by atoms with van der Waals surface area (Å²) in [4.78, 5) is 10.9. The smallest absolute Gasteiger partial charge is 0.145 e. The molecule has 0 bridgehead atoms. The van der Waals surface area contributed by atoms with Gasteiger partial charge in [0.25, 0.3) is 0 Å². The van der Waals surface area contributed by atoms with E-state index in [9.17, 15) is 4.39 Å². The van der Waals surface area contributed by atoms with E-state index in [0.29, 0.717) is 60.3 Å². The number of hydrogen-bond acceptors (Lipinski definition) is 8. The molecule has 4 rings (SSSR count). The average Bonchev–Trinajstić information content (AvgIpc) is 2.85. The molecule has 0 saturated carbocycles. The van der Waals surface area contributed by atoms with Crippen molar-refractivity contribution in [2.24, 2.45) is 0 Å². The van der Waals surface area contributed by atoms with Crippen molar-refractivity contribution in [2.45, 2.75) is 25.4 Å². The molecule has 2 N–H and O–H groups in total. The Labute approximate surface area is 209 Å². The van der Waals surface area contributed by atoms with Gasteiger partial charge in [0.15, 0.2) is 0 Å². The van der Waals surface area contributed by atoms with Crippen molar-refractivity contribution in [1.29, 1.82) is 0 Å². The summed E-state index contributed by atoms with van der Waals surface area (Å²) in [6, 6.07) is 8.13. The lowest BCUT2D eigenvalue weighted by atomic mass is 10.1. The number of benzene rings is 2. The van der Waals surface area contributed by atoms with E-state index in [-0.39, 0.29) is 17.7 Å². The molecule has 10 heteroatoms. The first kappa shape index (κ1) is 25.4. The molecular weight excluding hydrogens is 475 g/mol. The van der Waals surface area contributed by atoms with Crippen molar-refractivity contribution in [1.82, 2.24) is 14.9 Å². The van der Waals surface area contributed by atoms with Crippen LogP contribution < -0.4 is 14.8 Å². The van der Waals surface area contributed by atoms with E-state index in [4.69, 9.17) is 30.9 Å². The highest BCUT2D eigenvalue weighted by molar-refractivity contribution is 6.31. The number of aromatic nitrogens is 2. The van der Waals surface area contributed by atoms with E-state index >= 15 is 0 Å². The quantitative estimate of drug-likeness (QED) is 0.371. The van der Waals surface area contributed by atoms with Gasteiger partial charge in [-0.15, -0.1) is 0 Å². The zero-order chi connectivity index (χ0) is 24.6. The van der Waals surface area contributed by atoms with Crippen LogP contribution in [0.2, 0.25) is 5.02 Å². The zero-order valence-electron chi connectivity index (χ0n) is 19.7. The van der Waals surface area contributed by atoms with Crippen molar-refractivity contribution in [3.63, 3.8) is 0 Å². The lowest BCUT2D eigenvalue weighted by Gasteiger charge is -2.25. The third-order valence-corrected chi connectivity index (χ3v) is 6.04. The van der Waals surface area contributed by atoms with Crippen molar-refractivity contribution in [3.8, 4) is 11.5 Å². The number of aliphatic hydroxyl groups is 1. The molecule has 35 heavy (non-hydrogen) atoms. The van der Waals surface area contributed by atoms with E-state index in [1.807, 2.05) is 19.2 Å². The Kier molecular flexibility index (Phi) is 8.92. The molecule has 1 aliphatic rings. The third-order valence-electron chi connectivity index (χ3n) is 5.75. The molecule has 0 unspecified atom stereocenters. The van der Waals surface area contributed by atoms with Gasteiger partial charge in [-0.05, 0) is 31.7 Å². The molecule has 0 aliphatic carbocycles. The lowest BCUT2D eigenvalue weighted by molar-refractivity contribution is 0.0261. The molecule has 0 spiro atoms. The van der Waals surface area contributed by atoms with Gasteiger partial charge in [-0.2, -0.15) is 0 Å². The maximum atomic E-state index is 13.6. The maximum Gasteiger partial charge on any atom is 0.145 e. The molecule has 1 aromatic heterocycles. The fourth-order valence-electron chi connectivity index (χ4n) is 3.89. The molecule has 0 amide bonds. The van der Waals surface area contributed by atoms with Crippen LogP contribution in [0.1, 0.15) is 19.3 Å². The van der Waals surface area contributed by atoms with Gasteiger partial charge in [0, 0.05) is 43.8 Å². The zero-order valence-corrected chi connectivity index (χ0v) is 20.4. The second-order valence-corrected chi connectivity index (χ2v) is 8.86. The van der Waals surface area contributed by atoms with Gasteiger partial charge in [0.1, 0.15) is 35.6 Å². The van der Waals surface area contributed by atoms with E-state index < -0.39 is 5.82 Å². The normalized spacial score (nSPS) is 14.4. The molecule has 1 aliphatic heterocycles. The Bertz CT molecular complexity index is 1130. The van der Waals surface area contributed by atoms with Gasteiger partial charge >= 0.3 is 0 Å². The highest BCUT2D eigenvalue weighted by Crippen LogP contribution is 2.37. The molecule has 1 saturated heterocycles. The second-order valence-electron chi connectivity index (χ2n) is 8.45. The van der Waals surface area contributed by atoms with Crippen LogP contribution >= 0.6 is 11.6 Å². The number of anilines is 2. The third kappa shape index (κ3) is 6.91. The molecule has 0 atom stereocenters. The monoisotopic (exact) mass is 504 g/mol. The molecule has 3 aromatic rings. The molecule has 0 radical (unpaired) electrons. The summed E-state index contributed by atoms with van der Waals surface area (Å²) >= 11 is 5.96. The topological polar surface area (TPSA) is 89.0 Å². The Morgan fingerprint density at radius 3 is 2.80 bits per heavy atom. The van der Waals surface area contributed by atoms with Crippen molar-refractivity contribution < 1.29 is 23.7 Å². The Morgan fingerprint density at radius 1 is 1.20 bits per heavy atom. The van der Waals surface area contributed by atoms with Crippen LogP contribution in [0.3, 0.4) is 0 Å². The molecule has 2 aromatic carbocycles. The minimum Gasteiger partial charge on any atom is -0.493 e. The fourth-order valence-corrected chi connectivity index (χ4v) is 4.07. The maximum absolute atomic E-state index is 13.6. The summed E-state index contributed by atoms with van der Waals surface area (Å²) in [7, 11) is 1.96. The van der Waals surface area contributed by atoms with E-state index in [1.165, 1.54) is 18.5 Å². The number of nitrogens with zero attached hydrogens (tertiary/aromatic N) is 3. The minimum absolute atomic E-state index is 0.00246. The van der Waals surface area contributed by atoms with Crippen LogP contribution in [0.5, 0.6) is 11.5 Å². The van der Waals surface area contributed by atoms with Crippen LogP contribution in [0.4, 0.5) is 15.9 Å². The number of likely N-dealkylation sites (N-methyl/N-ethyl adjacent to an activating group) is 1. The van der Waals surface area contributed by atoms with Gasteiger partial charge in [0.05, 0.1) is 42.4 Å². The van der Waals surface area contributed by atoms with Gasteiger partial charge in [-0.1, -0.05) is 11.6 Å². The Morgan fingerprint density at radius 2 is 2.03 bits per heavy atom. The van der Waals surface area contributed by atoms with E-state index in [1.54, 1.807) is 6.07 Å². The standard InChI is InChI=1S/C25H30ClFN4O4/c1-31(8-9-32)7-2-10-34-19-14-22-24(23(15-19)35-18-5-11-33-12-6-18)25(29-16-28-22)30-17-3-4-21(27)20(26)13-17/h3-4,13-16,18,32H,2,5-12H2,1H3,(H,28,29,30). The number of ether oxygens (including phenoxy) is 3. The summed E-state index contributed by atoms with van der Waals surface area (Å²) in [6.07, 6.45) is 3.85. The first-order chi connectivity index (χ1) is 17.0. The van der Waals surface area contributed by atoms with Gasteiger partial charge in [-0.25, -0.2) is 14.4 Å². The molecular formula is C25H30ClFN4O4. The number of aliphatic hydroxyl groups excluding tert-OH is 1. The van der Waals surface area contributed by atoms with Crippen LogP contribution in [0.25, 0.3) is 10.9 Å². The minimum atomic E-state index is -0.488. The number of nitrogens with one attached hydrogen (secondary N) is 1. The average molecular weight is 505 g/mol. The largest absolute Gasteiger partial charge is 0.493 e. The second kappa shape index (κ2) is 12.3. The highest BCUT2D eigenvalue weighted by atomic mass is 35.5. The van der Waals surface area contributed by atoms with Crippen molar-refractivity contribution in [2.75, 3.05) is 51.9 Å². The molecule has 188 valence electrons. The van der Waals surface area contributed by atoms with E-state index in [2.05, 4.69) is 20.2 Å². The molecule has 2 heterocycles. The van der Waals surface area contributed by atoms with E-state index in [0.717, 1.165) is 25.8 Å². The Hall–Kier alpha value is -2.72. The summed E-state index contributed by atoms with van der Waals surface area (Å²) in [5.41, 5.74) is 1.26. The lowest BCUT2D eigenvalue weighted by Crippen LogP contribution is -2.26. The SMILES string of the molecule is CN(CCO)CCCOc1cc(OC2CCOCC2)c2c(Nc3ccc(F)c(Cl)c3)ncnc2c1. The number of fused-ring (bicyclic) bond motifs is 1. The van der Waals surface area contributed by atoms with Crippen molar-refractivity contribution >= 4 is 34.0 Å². The van der Waals surface area contributed by atoms with Gasteiger partial charge in [-0.3, -0.25) is 0 Å². The fraction of sp³-hybridized carbons (Fsp3) is 0.440. The predicted molar refractivity (Wildman–Crippen MR) is 133 cm³/mol. The Balaban J connectivity index is 1.60. The van der Waals surface area contributed by atoms with Gasteiger partial charge < -0.3 is 29.5 Å². The van der Waals surface area contributed by atoms with Crippen molar-refractivity contribution in [3.05, 3.63) is 47.5 Å². The van der Waals surface area contributed by atoms with Gasteiger partial charge in [0.2, 0.25) is 0 Å². The van der Waals surface area contributed by atoms with Crippen LogP contribution in [-0.2, 0) is 4.74 Å². The van der Waals surface area contributed by atoms with Crippen LogP contribution in [0, 0.1) is 5.82 Å². The number of halogens is 2. The van der Waals surface area contributed by atoms with Crippen LogP contribution in [0.15, 0.2) is 36.7 Å². The summed E-state index contributed by atoms with van der Waals surface area (Å²) in [6.45, 7) is 3.39. The molecule has 1 fully saturated rings. The summed E-state index contributed by atoms with van der Waals surface area (Å²) in [5, 5.41) is 13.0.